The summed E-state index contributed by atoms with van der Waals surface area (Å²) in [7, 11) is 0. The molecule has 14 nitrogen and oxygen atoms in total. The molecule has 2 aliphatic rings. The molecule has 0 aromatic rings. The Kier molecular flexibility index (Phi) is 46.0. The van der Waals surface area contributed by atoms with Crippen LogP contribution in [0.1, 0.15) is 290 Å². The van der Waals surface area contributed by atoms with E-state index in [9.17, 15) is 45.6 Å². The number of hydrogen-bond donors (Lipinski definition) is 9. The fourth-order valence-corrected chi connectivity index (χ4v) is 11.0. The number of ether oxygens (including phenoxy) is 4. The second-order valence-corrected chi connectivity index (χ2v) is 23.3. The van der Waals surface area contributed by atoms with Gasteiger partial charge >= 0.3 is 0 Å². The maximum Gasteiger partial charge on any atom is 0.220 e. The van der Waals surface area contributed by atoms with Gasteiger partial charge in [0, 0.05) is 6.42 Å². The molecule has 2 heterocycles. The molecule has 2 saturated heterocycles. The van der Waals surface area contributed by atoms with Crippen molar-refractivity contribution < 1.29 is 64.6 Å². The fraction of sp³-hybridized carbons (Fsp3) is 0.952. The molecule has 77 heavy (non-hydrogen) atoms. The van der Waals surface area contributed by atoms with Gasteiger partial charge in [0.15, 0.2) is 12.6 Å². The lowest BCUT2D eigenvalue weighted by atomic mass is 9.97. The van der Waals surface area contributed by atoms with Gasteiger partial charge in [-0.05, 0) is 19.3 Å². The lowest BCUT2D eigenvalue weighted by molar-refractivity contribution is -0.359. The van der Waals surface area contributed by atoms with Crippen LogP contribution in [0.2, 0.25) is 0 Å². The first-order valence-electron chi connectivity index (χ1n) is 32.4. The van der Waals surface area contributed by atoms with Gasteiger partial charge in [0.25, 0.3) is 0 Å². The molecule has 12 atom stereocenters. The Morgan fingerprint density at radius 2 is 0.805 bits per heavy atom. The van der Waals surface area contributed by atoms with Crippen molar-refractivity contribution in [3.8, 4) is 0 Å². The number of amides is 1. The predicted octanol–water partition coefficient (Wildman–Crippen LogP) is 11.8. The van der Waals surface area contributed by atoms with Crippen molar-refractivity contribution in [1.29, 1.82) is 0 Å². The van der Waals surface area contributed by atoms with E-state index in [4.69, 9.17) is 18.9 Å². The third-order valence-corrected chi connectivity index (χ3v) is 16.2. The van der Waals surface area contributed by atoms with Crippen molar-refractivity contribution in [3.05, 3.63) is 12.2 Å². The molecule has 9 N–H and O–H groups in total. The van der Waals surface area contributed by atoms with E-state index in [-0.39, 0.29) is 18.9 Å². The highest BCUT2D eigenvalue weighted by Crippen LogP contribution is 2.30. The Morgan fingerprint density at radius 3 is 1.19 bits per heavy atom. The quantitative estimate of drug-likeness (QED) is 0.0204. The zero-order chi connectivity index (χ0) is 56.0. The fourth-order valence-electron chi connectivity index (χ4n) is 11.0. The minimum absolute atomic E-state index is 0.233. The van der Waals surface area contributed by atoms with Crippen LogP contribution in [0, 0.1) is 0 Å². The third kappa shape index (κ3) is 34.7. The highest BCUT2D eigenvalue weighted by Gasteiger charge is 2.51. The Hall–Kier alpha value is -1.27. The first-order valence-corrected chi connectivity index (χ1v) is 32.4. The molecule has 0 aromatic carbocycles. The largest absolute Gasteiger partial charge is 0.394 e. The van der Waals surface area contributed by atoms with Gasteiger partial charge in [-0.2, -0.15) is 0 Å². The average Bonchev–Trinajstić information content (AvgIpc) is 3.44. The number of allylic oxidation sites excluding steroid dienone is 1. The zero-order valence-electron chi connectivity index (χ0n) is 49.2. The van der Waals surface area contributed by atoms with Crippen LogP contribution >= 0.6 is 0 Å². The molecule has 2 aliphatic heterocycles. The highest BCUT2D eigenvalue weighted by molar-refractivity contribution is 5.76. The van der Waals surface area contributed by atoms with Gasteiger partial charge in [-0.25, -0.2) is 0 Å². The molecule has 0 aromatic heterocycles. The van der Waals surface area contributed by atoms with Crippen molar-refractivity contribution in [2.75, 3.05) is 19.8 Å². The summed E-state index contributed by atoms with van der Waals surface area (Å²) >= 11 is 0. The predicted molar refractivity (Wildman–Crippen MR) is 309 cm³/mol. The molecule has 14 heteroatoms. The number of carbonyl (C=O) groups is 1. The average molecular weight is 1100 g/mol. The van der Waals surface area contributed by atoms with Gasteiger partial charge < -0.3 is 65.1 Å². The van der Waals surface area contributed by atoms with E-state index in [2.05, 4.69) is 19.2 Å². The number of aliphatic hydroxyl groups is 8. The van der Waals surface area contributed by atoms with Crippen molar-refractivity contribution in [1.82, 2.24) is 5.32 Å². The van der Waals surface area contributed by atoms with Crippen molar-refractivity contribution in [2.24, 2.45) is 0 Å². The molecule has 0 aliphatic carbocycles. The van der Waals surface area contributed by atoms with E-state index in [1.807, 2.05) is 6.08 Å². The lowest BCUT2D eigenvalue weighted by Crippen LogP contribution is -2.65. The number of hydrogen-bond acceptors (Lipinski definition) is 13. The molecular weight excluding hydrogens is 979 g/mol. The molecule has 0 saturated carbocycles. The summed E-state index contributed by atoms with van der Waals surface area (Å²) in [5.41, 5.74) is 0. The van der Waals surface area contributed by atoms with E-state index in [1.54, 1.807) is 6.08 Å². The Labute approximate surface area is 469 Å². The van der Waals surface area contributed by atoms with Crippen LogP contribution in [0.3, 0.4) is 0 Å². The third-order valence-electron chi connectivity index (χ3n) is 16.2. The van der Waals surface area contributed by atoms with Crippen molar-refractivity contribution in [3.63, 3.8) is 0 Å². The number of unbranched alkanes of at least 4 members (excludes halogenated alkanes) is 40. The van der Waals surface area contributed by atoms with E-state index in [0.717, 1.165) is 38.5 Å². The minimum atomic E-state index is -1.79. The monoisotopic (exact) mass is 1100 g/mol. The first kappa shape index (κ1) is 71.8. The van der Waals surface area contributed by atoms with Crippen LogP contribution < -0.4 is 5.32 Å². The SMILES string of the molecule is CCCCCCCCCCCCCCC/C=C/[C@@H](O)[C@H](CO[C@@H]1O[C@H](CO)[C@@H](O[C@@H]2O[C@H](CO)[C@H](O)C(O)C2O)C(O)C1O)NC(=O)CCCCCCCCCCCCCCCCCCCCCCCCCCCCCC. The molecule has 1 amide bonds. The van der Waals surface area contributed by atoms with Gasteiger partial charge in [-0.3, -0.25) is 4.79 Å². The number of rotatable bonds is 53. The van der Waals surface area contributed by atoms with Gasteiger partial charge in [0.05, 0.1) is 32.0 Å². The first-order chi connectivity index (χ1) is 37.6. The summed E-state index contributed by atoms with van der Waals surface area (Å²) in [6.45, 7) is 2.84. The molecule has 2 rings (SSSR count). The van der Waals surface area contributed by atoms with E-state index in [0.29, 0.717) is 6.42 Å². The van der Waals surface area contributed by atoms with Crippen LogP contribution in [0.15, 0.2) is 12.2 Å². The highest BCUT2D eigenvalue weighted by atomic mass is 16.7. The standard InChI is InChI=1S/C63H121NO13/c1-3-5-7-9-11-13-15-17-19-20-21-22-23-24-25-26-27-28-29-30-31-33-35-37-39-41-43-45-47-55(68)64-51(52(67)46-44-42-40-38-36-34-32-18-16-14-12-10-8-6-4-2)50-74-62-60(73)58(71)61(54(49-66)76-62)77-63-59(72)57(70)56(69)53(48-65)75-63/h44,46,51-54,56-63,65-67,69-73H,3-43,45,47-50H2,1-2H3,(H,64,68)/b46-44+/t51-,52+,53+,54+,56-,57?,58?,59?,60?,61+,62+,63-/m0/s1. The molecule has 4 unspecified atom stereocenters. The summed E-state index contributed by atoms with van der Waals surface area (Å²) in [6, 6.07) is -0.909. The summed E-state index contributed by atoms with van der Waals surface area (Å²) in [4.78, 5) is 13.3. The van der Waals surface area contributed by atoms with Crippen LogP contribution in [-0.2, 0) is 23.7 Å². The minimum Gasteiger partial charge on any atom is -0.394 e. The van der Waals surface area contributed by atoms with Gasteiger partial charge in [-0.15, -0.1) is 0 Å². The van der Waals surface area contributed by atoms with E-state index < -0.39 is 86.8 Å². The van der Waals surface area contributed by atoms with Crippen LogP contribution in [-0.4, -0.2) is 140 Å². The van der Waals surface area contributed by atoms with E-state index in [1.165, 1.54) is 225 Å². The lowest BCUT2D eigenvalue weighted by Gasteiger charge is -2.46. The van der Waals surface area contributed by atoms with Crippen molar-refractivity contribution >= 4 is 5.91 Å². The van der Waals surface area contributed by atoms with Gasteiger partial charge in [0.2, 0.25) is 5.91 Å². The normalized spacial score (nSPS) is 24.7. The maximum absolute atomic E-state index is 13.3. The van der Waals surface area contributed by atoms with Crippen molar-refractivity contribution in [2.45, 2.75) is 364 Å². The molecule has 0 radical (unpaired) electrons. The van der Waals surface area contributed by atoms with Gasteiger partial charge in [-0.1, -0.05) is 276 Å². The second-order valence-electron chi connectivity index (χ2n) is 23.3. The van der Waals surface area contributed by atoms with Crippen LogP contribution in [0.4, 0.5) is 0 Å². The summed E-state index contributed by atoms with van der Waals surface area (Å²) in [6.07, 6.45) is 41.2. The van der Waals surface area contributed by atoms with Crippen LogP contribution in [0.5, 0.6) is 0 Å². The molecule has 2 fully saturated rings. The maximum atomic E-state index is 13.3. The number of nitrogens with one attached hydrogen (secondary N) is 1. The smallest absolute Gasteiger partial charge is 0.220 e. The number of aliphatic hydroxyl groups excluding tert-OH is 8. The Balaban J connectivity index is 1.67. The molecule has 456 valence electrons. The molecule has 0 bridgehead atoms. The second kappa shape index (κ2) is 49.3. The number of carbonyl (C=O) groups excluding carboxylic acids is 1. The summed E-state index contributed by atoms with van der Waals surface area (Å²) in [5.74, 6) is -0.233. The zero-order valence-corrected chi connectivity index (χ0v) is 49.2. The molecule has 0 spiro atoms. The summed E-state index contributed by atoms with van der Waals surface area (Å²) < 4.78 is 22.8. The van der Waals surface area contributed by atoms with Crippen LogP contribution in [0.25, 0.3) is 0 Å². The topological polar surface area (TPSA) is 228 Å². The Morgan fingerprint density at radius 1 is 0.455 bits per heavy atom. The van der Waals surface area contributed by atoms with Gasteiger partial charge in [0.1, 0.15) is 48.8 Å². The van der Waals surface area contributed by atoms with E-state index >= 15 is 0 Å². The molecular formula is C63H121NO13. The summed E-state index contributed by atoms with van der Waals surface area (Å²) in [5, 5.41) is 87.2. The Bertz CT molecular complexity index is 1340.